The summed E-state index contributed by atoms with van der Waals surface area (Å²) in [4.78, 5) is 28.5. The average Bonchev–Trinajstić information content (AvgIpc) is 2.69. The van der Waals surface area contributed by atoms with E-state index in [1.165, 1.54) is 5.56 Å². The van der Waals surface area contributed by atoms with Gasteiger partial charge in [-0.05, 0) is 29.7 Å². The van der Waals surface area contributed by atoms with Gasteiger partial charge in [-0.2, -0.15) is 0 Å². The smallest absolute Gasteiger partial charge is 0.227 e. The Morgan fingerprint density at radius 3 is 1.96 bits per heavy atom. The highest BCUT2D eigenvalue weighted by Crippen LogP contribution is 2.12. The van der Waals surface area contributed by atoms with Crippen LogP contribution in [0.1, 0.15) is 17.5 Å². The Balaban J connectivity index is 1.43. The first kappa shape index (κ1) is 18.5. The van der Waals surface area contributed by atoms with E-state index in [-0.39, 0.29) is 11.8 Å². The lowest BCUT2D eigenvalue weighted by Crippen LogP contribution is -2.51. The molecule has 0 aromatic heterocycles. The van der Waals surface area contributed by atoms with Crippen molar-refractivity contribution in [3.05, 3.63) is 70.7 Å². The maximum atomic E-state index is 12.4. The number of carbonyl (C=O) groups excluding carboxylic acids is 2. The van der Waals surface area contributed by atoms with Crippen LogP contribution < -0.4 is 0 Å². The maximum absolute atomic E-state index is 12.4. The summed E-state index contributed by atoms with van der Waals surface area (Å²) in [6, 6.07) is 17.4. The number of carbonyl (C=O) groups is 2. The number of hydrogen-bond acceptors (Lipinski definition) is 2. The molecular formula is C21H23ClN2O2. The summed E-state index contributed by atoms with van der Waals surface area (Å²) in [6.07, 6.45) is 1.65. The van der Waals surface area contributed by atoms with Gasteiger partial charge in [0.25, 0.3) is 0 Å². The number of benzene rings is 2. The molecular weight excluding hydrogens is 348 g/mol. The SMILES string of the molecule is O=C(CCc1ccccc1)N1CCN(C(=O)Cc2ccc(Cl)cc2)CC1. The van der Waals surface area contributed by atoms with Crippen LogP contribution in [0.4, 0.5) is 0 Å². The van der Waals surface area contributed by atoms with Gasteiger partial charge in [0.1, 0.15) is 0 Å². The van der Waals surface area contributed by atoms with Crippen molar-refractivity contribution in [2.45, 2.75) is 19.3 Å². The number of hydrogen-bond donors (Lipinski definition) is 0. The molecule has 1 aliphatic heterocycles. The summed E-state index contributed by atoms with van der Waals surface area (Å²) < 4.78 is 0. The van der Waals surface area contributed by atoms with Gasteiger partial charge in [-0.15, -0.1) is 0 Å². The van der Waals surface area contributed by atoms with Gasteiger partial charge in [0.05, 0.1) is 6.42 Å². The highest BCUT2D eigenvalue weighted by Gasteiger charge is 2.23. The quantitative estimate of drug-likeness (QED) is 0.811. The lowest BCUT2D eigenvalue weighted by molar-refractivity contribution is -0.139. The Hall–Kier alpha value is -2.33. The fourth-order valence-corrected chi connectivity index (χ4v) is 3.27. The normalized spacial score (nSPS) is 14.3. The number of piperazine rings is 1. The number of aryl methyl sites for hydroxylation is 1. The molecule has 0 radical (unpaired) electrons. The maximum Gasteiger partial charge on any atom is 0.227 e. The monoisotopic (exact) mass is 370 g/mol. The van der Waals surface area contributed by atoms with Crippen LogP contribution in [0.5, 0.6) is 0 Å². The topological polar surface area (TPSA) is 40.6 Å². The second kappa shape index (κ2) is 8.86. The van der Waals surface area contributed by atoms with Crippen LogP contribution in [-0.2, 0) is 22.4 Å². The average molecular weight is 371 g/mol. The zero-order chi connectivity index (χ0) is 18.4. The third kappa shape index (κ3) is 5.09. The number of nitrogens with zero attached hydrogens (tertiary/aromatic N) is 2. The first-order chi connectivity index (χ1) is 12.6. The molecule has 1 fully saturated rings. The molecule has 1 heterocycles. The van der Waals surface area contributed by atoms with Gasteiger partial charge >= 0.3 is 0 Å². The largest absolute Gasteiger partial charge is 0.339 e. The molecule has 2 aromatic rings. The van der Waals surface area contributed by atoms with E-state index in [1.807, 2.05) is 52.3 Å². The predicted molar refractivity (Wildman–Crippen MR) is 103 cm³/mol. The summed E-state index contributed by atoms with van der Waals surface area (Å²) in [5.74, 6) is 0.266. The van der Waals surface area contributed by atoms with Gasteiger partial charge in [-0.25, -0.2) is 0 Å². The Labute approximate surface area is 159 Å². The molecule has 1 saturated heterocycles. The van der Waals surface area contributed by atoms with E-state index in [9.17, 15) is 9.59 Å². The molecule has 136 valence electrons. The minimum absolute atomic E-state index is 0.101. The predicted octanol–water partition coefficient (Wildman–Crippen LogP) is 3.19. The van der Waals surface area contributed by atoms with Crippen molar-refractivity contribution in [2.24, 2.45) is 0 Å². The third-order valence-corrected chi connectivity index (χ3v) is 4.98. The molecule has 5 heteroatoms. The Morgan fingerprint density at radius 1 is 0.769 bits per heavy atom. The second-order valence-corrected chi connectivity index (χ2v) is 6.99. The third-order valence-electron chi connectivity index (χ3n) is 4.72. The van der Waals surface area contributed by atoms with Gasteiger partial charge in [-0.1, -0.05) is 54.1 Å². The molecule has 0 atom stereocenters. The van der Waals surface area contributed by atoms with E-state index in [0.717, 1.165) is 12.0 Å². The zero-order valence-corrected chi connectivity index (χ0v) is 15.5. The molecule has 4 nitrogen and oxygen atoms in total. The molecule has 0 N–H and O–H groups in total. The first-order valence-electron chi connectivity index (χ1n) is 8.96. The molecule has 0 unspecified atom stereocenters. The van der Waals surface area contributed by atoms with Gasteiger partial charge in [0.2, 0.25) is 11.8 Å². The van der Waals surface area contributed by atoms with Crippen LogP contribution >= 0.6 is 11.6 Å². The van der Waals surface area contributed by atoms with Crippen molar-refractivity contribution >= 4 is 23.4 Å². The number of rotatable bonds is 5. The second-order valence-electron chi connectivity index (χ2n) is 6.55. The minimum Gasteiger partial charge on any atom is -0.339 e. The summed E-state index contributed by atoms with van der Waals surface area (Å²) in [5.41, 5.74) is 2.14. The van der Waals surface area contributed by atoms with E-state index < -0.39 is 0 Å². The first-order valence-corrected chi connectivity index (χ1v) is 9.33. The molecule has 0 saturated carbocycles. The Morgan fingerprint density at radius 2 is 1.35 bits per heavy atom. The van der Waals surface area contributed by atoms with E-state index in [1.54, 1.807) is 12.1 Å². The van der Waals surface area contributed by atoms with Crippen molar-refractivity contribution in [2.75, 3.05) is 26.2 Å². The van der Waals surface area contributed by atoms with Crippen molar-refractivity contribution in [1.82, 2.24) is 9.80 Å². The van der Waals surface area contributed by atoms with Crippen molar-refractivity contribution in [1.29, 1.82) is 0 Å². The molecule has 2 amide bonds. The molecule has 1 aliphatic rings. The van der Waals surface area contributed by atoms with E-state index in [2.05, 4.69) is 0 Å². The minimum atomic E-state index is 0.101. The Bertz CT molecular complexity index is 738. The number of halogens is 1. The van der Waals surface area contributed by atoms with Crippen LogP contribution in [0, 0.1) is 0 Å². The highest BCUT2D eigenvalue weighted by atomic mass is 35.5. The van der Waals surface area contributed by atoms with E-state index >= 15 is 0 Å². The molecule has 2 aromatic carbocycles. The Kier molecular flexibility index (Phi) is 6.29. The highest BCUT2D eigenvalue weighted by molar-refractivity contribution is 6.30. The molecule has 0 aliphatic carbocycles. The van der Waals surface area contributed by atoms with Crippen LogP contribution in [0.3, 0.4) is 0 Å². The van der Waals surface area contributed by atoms with Crippen molar-refractivity contribution in [3.63, 3.8) is 0 Å². The van der Waals surface area contributed by atoms with Crippen LogP contribution in [-0.4, -0.2) is 47.8 Å². The molecule has 0 bridgehead atoms. The molecule has 3 rings (SSSR count). The summed E-state index contributed by atoms with van der Waals surface area (Å²) in [6.45, 7) is 2.42. The summed E-state index contributed by atoms with van der Waals surface area (Å²) in [7, 11) is 0. The zero-order valence-electron chi connectivity index (χ0n) is 14.7. The van der Waals surface area contributed by atoms with E-state index in [4.69, 9.17) is 11.6 Å². The fraction of sp³-hybridized carbons (Fsp3) is 0.333. The lowest BCUT2D eigenvalue weighted by atomic mass is 10.1. The summed E-state index contributed by atoms with van der Waals surface area (Å²) >= 11 is 5.87. The molecule has 0 spiro atoms. The lowest BCUT2D eigenvalue weighted by Gasteiger charge is -2.35. The number of amides is 2. The molecule has 26 heavy (non-hydrogen) atoms. The summed E-state index contributed by atoms with van der Waals surface area (Å²) in [5, 5.41) is 0.670. The van der Waals surface area contributed by atoms with Crippen molar-refractivity contribution in [3.8, 4) is 0 Å². The van der Waals surface area contributed by atoms with Crippen LogP contribution in [0.2, 0.25) is 5.02 Å². The van der Waals surface area contributed by atoms with Gasteiger partial charge in [0, 0.05) is 37.6 Å². The van der Waals surface area contributed by atoms with Gasteiger partial charge in [-0.3, -0.25) is 9.59 Å². The van der Waals surface area contributed by atoms with Crippen LogP contribution in [0.25, 0.3) is 0 Å². The van der Waals surface area contributed by atoms with Gasteiger partial charge in [0.15, 0.2) is 0 Å². The van der Waals surface area contributed by atoms with Gasteiger partial charge < -0.3 is 9.80 Å². The van der Waals surface area contributed by atoms with Crippen molar-refractivity contribution < 1.29 is 9.59 Å². The standard InChI is InChI=1S/C21H23ClN2O2/c22-19-9-6-18(7-10-19)16-21(26)24-14-12-23(13-15-24)20(25)11-8-17-4-2-1-3-5-17/h1-7,9-10H,8,11-16H2. The van der Waals surface area contributed by atoms with Crippen LogP contribution in [0.15, 0.2) is 54.6 Å². The fourth-order valence-electron chi connectivity index (χ4n) is 3.15. The van der Waals surface area contributed by atoms with E-state index in [0.29, 0.717) is 44.0 Å².